The molecule has 2 unspecified atom stereocenters. The zero-order chi connectivity index (χ0) is 12.0. The molecule has 0 aliphatic rings. The summed E-state index contributed by atoms with van der Waals surface area (Å²) >= 11 is 0. The number of benzene rings is 1. The maximum absolute atomic E-state index is 5.84. The van der Waals surface area contributed by atoms with Crippen LogP contribution in [0.4, 0.5) is 0 Å². The molecule has 0 spiro atoms. The first kappa shape index (κ1) is 13.0. The van der Waals surface area contributed by atoms with Crippen molar-refractivity contribution in [3.63, 3.8) is 0 Å². The Morgan fingerprint density at radius 3 is 2.69 bits per heavy atom. The van der Waals surface area contributed by atoms with Crippen LogP contribution >= 0.6 is 0 Å². The van der Waals surface area contributed by atoms with Crippen LogP contribution in [0.2, 0.25) is 0 Å². The number of ether oxygens (including phenoxy) is 1. The third-order valence-corrected chi connectivity index (χ3v) is 3.38. The van der Waals surface area contributed by atoms with E-state index in [0.29, 0.717) is 11.8 Å². The quantitative estimate of drug-likeness (QED) is 0.801. The van der Waals surface area contributed by atoms with Crippen LogP contribution in [0.25, 0.3) is 0 Å². The fourth-order valence-electron chi connectivity index (χ4n) is 1.95. The Morgan fingerprint density at radius 2 is 2.12 bits per heavy atom. The maximum Gasteiger partial charge on any atom is 0.119 e. The Labute approximate surface area is 98.8 Å². The van der Waals surface area contributed by atoms with Gasteiger partial charge in [0.15, 0.2) is 0 Å². The molecule has 1 aromatic rings. The first-order valence-electron chi connectivity index (χ1n) is 6.04. The molecule has 0 amide bonds. The average molecular weight is 221 g/mol. The number of methoxy groups -OCH3 is 1. The van der Waals surface area contributed by atoms with Crippen LogP contribution in [0.15, 0.2) is 24.3 Å². The zero-order valence-corrected chi connectivity index (χ0v) is 10.6. The van der Waals surface area contributed by atoms with E-state index < -0.39 is 0 Å². The summed E-state index contributed by atoms with van der Waals surface area (Å²) in [7, 11) is 1.70. The minimum Gasteiger partial charge on any atom is -0.497 e. The molecule has 0 fully saturated rings. The second-order valence-electron chi connectivity index (χ2n) is 4.44. The second-order valence-corrected chi connectivity index (χ2v) is 4.44. The van der Waals surface area contributed by atoms with Gasteiger partial charge in [0.25, 0.3) is 0 Å². The number of hydrogen-bond acceptors (Lipinski definition) is 2. The standard InChI is InChI=1S/C14H23NO/c1-4-11(2)13(10-15)8-12-6-5-7-14(9-12)16-3/h5-7,9,11,13H,4,8,10,15H2,1-3H3. The van der Waals surface area contributed by atoms with Crippen LogP contribution in [0, 0.1) is 11.8 Å². The van der Waals surface area contributed by atoms with Crippen LogP contribution in [0.1, 0.15) is 25.8 Å². The van der Waals surface area contributed by atoms with E-state index >= 15 is 0 Å². The smallest absolute Gasteiger partial charge is 0.119 e. The van der Waals surface area contributed by atoms with Crippen LogP contribution < -0.4 is 10.5 Å². The minimum atomic E-state index is 0.567. The van der Waals surface area contributed by atoms with Gasteiger partial charge < -0.3 is 10.5 Å². The molecule has 0 saturated carbocycles. The van der Waals surface area contributed by atoms with E-state index in [4.69, 9.17) is 10.5 Å². The van der Waals surface area contributed by atoms with Crippen molar-refractivity contribution in [3.8, 4) is 5.75 Å². The Morgan fingerprint density at radius 1 is 1.38 bits per heavy atom. The van der Waals surface area contributed by atoms with Crippen molar-refractivity contribution in [2.75, 3.05) is 13.7 Å². The van der Waals surface area contributed by atoms with Gasteiger partial charge in [-0.3, -0.25) is 0 Å². The topological polar surface area (TPSA) is 35.2 Å². The van der Waals surface area contributed by atoms with Gasteiger partial charge in [-0.2, -0.15) is 0 Å². The predicted octanol–water partition coefficient (Wildman–Crippen LogP) is 2.86. The molecule has 1 rings (SSSR count). The predicted molar refractivity (Wildman–Crippen MR) is 68.7 cm³/mol. The molecule has 0 bridgehead atoms. The Hall–Kier alpha value is -1.02. The molecule has 0 heterocycles. The van der Waals surface area contributed by atoms with E-state index in [1.165, 1.54) is 12.0 Å². The fourth-order valence-corrected chi connectivity index (χ4v) is 1.95. The van der Waals surface area contributed by atoms with Crippen molar-refractivity contribution in [2.45, 2.75) is 26.7 Å². The number of rotatable bonds is 6. The molecular weight excluding hydrogens is 198 g/mol. The summed E-state index contributed by atoms with van der Waals surface area (Å²) in [5.41, 5.74) is 7.15. The molecule has 2 heteroatoms. The van der Waals surface area contributed by atoms with E-state index in [1.807, 2.05) is 12.1 Å². The molecule has 0 saturated heterocycles. The summed E-state index contributed by atoms with van der Waals surface area (Å²) < 4.78 is 5.23. The molecule has 0 aliphatic heterocycles. The van der Waals surface area contributed by atoms with Crippen LogP contribution in [0.5, 0.6) is 5.75 Å². The van der Waals surface area contributed by atoms with Gasteiger partial charge in [-0.15, -0.1) is 0 Å². The highest BCUT2D eigenvalue weighted by molar-refractivity contribution is 5.28. The lowest BCUT2D eigenvalue weighted by molar-refractivity contribution is 0.353. The number of nitrogens with two attached hydrogens (primary N) is 1. The highest BCUT2D eigenvalue weighted by atomic mass is 16.5. The van der Waals surface area contributed by atoms with Crippen molar-refractivity contribution in [3.05, 3.63) is 29.8 Å². The van der Waals surface area contributed by atoms with E-state index in [9.17, 15) is 0 Å². The third kappa shape index (κ3) is 3.53. The summed E-state index contributed by atoms with van der Waals surface area (Å²) in [6.07, 6.45) is 2.23. The van der Waals surface area contributed by atoms with Gasteiger partial charge in [0.2, 0.25) is 0 Å². The van der Waals surface area contributed by atoms with Gasteiger partial charge in [0, 0.05) is 0 Å². The van der Waals surface area contributed by atoms with Gasteiger partial charge in [-0.25, -0.2) is 0 Å². The van der Waals surface area contributed by atoms with E-state index in [0.717, 1.165) is 18.7 Å². The molecule has 0 aliphatic carbocycles. The lowest BCUT2D eigenvalue weighted by Gasteiger charge is -2.21. The van der Waals surface area contributed by atoms with Crippen LogP contribution in [0.3, 0.4) is 0 Å². The largest absolute Gasteiger partial charge is 0.497 e. The van der Waals surface area contributed by atoms with E-state index in [2.05, 4.69) is 26.0 Å². The van der Waals surface area contributed by atoms with E-state index in [-0.39, 0.29) is 0 Å². The first-order chi connectivity index (χ1) is 7.71. The molecule has 0 radical (unpaired) electrons. The zero-order valence-electron chi connectivity index (χ0n) is 10.6. The van der Waals surface area contributed by atoms with Crippen molar-refractivity contribution >= 4 is 0 Å². The normalized spacial score (nSPS) is 14.5. The van der Waals surface area contributed by atoms with Crippen molar-refractivity contribution in [1.29, 1.82) is 0 Å². The van der Waals surface area contributed by atoms with Gasteiger partial charge in [0.1, 0.15) is 5.75 Å². The van der Waals surface area contributed by atoms with Gasteiger partial charge in [0.05, 0.1) is 7.11 Å². The Kier molecular flexibility index (Phi) is 5.33. The molecule has 2 atom stereocenters. The molecule has 1 aromatic carbocycles. The first-order valence-corrected chi connectivity index (χ1v) is 6.04. The summed E-state index contributed by atoms with van der Waals surface area (Å²) in [6, 6.07) is 8.27. The molecule has 16 heavy (non-hydrogen) atoms. The molecule has 2 N–H and O–H groups in total. The third-order valence-electron chi connectivity index (χ3n) is 3.38. The summed E-state index contributed by atoms with van der Waals surface area (Å²) in [6.45, 7) is 5.25. The molecule has 0 aromatic heterocycles. The van der Waals surface area contributed by atoms with E-state index in [1.54, 1.807) is 7.11 Å². The van der Waals surface area contributed by atoms with Gasteiger partial charge in [-0.05, 0) is 42.5 Å². The minimum absolute atomic E-state index is 0.567. The monoisotopic (exact) mass is 221 g/mol. The summed E-state index contributed by atoms with van der Waals surface area (Å²) in [5.74, 6) is 2.17. The number of hydrogen-bond donors (Lipinski definition) is 1. The molecule has 2 nitrogen and oxygen atoms in total. The SMILES string of the molecule is CCC(C)C(CN)Cc1cccc(OC)c1. The fraction of sp³-hybridized carbons (Fsp3) is 0.571. The lowest BCUT2D eigenvalue weighted by atomic mass is 9.86. The molecular formula is C14H23NO. The van der Waals surface area contributed by atoms with Crippen LogP contribution in [-0.4, -0.2) is 13.7 Å². The second kappa shape index (κ2) is 6.54. The highest BCUT2D eigenvalue weighted by Gasteiger charge is 2.14. The highest BCUT2D eigenvalue weighted by Crippen LogP contribution is 2.21. The van der Waals surface area contributed by atoms with Gasteiger partial charge >= 0.3 is 0 Å². The maximum atomic E-state index is 5.84. The van der Waals surface area contributed by atoms with Gasteiger partial charge in [-0.1, -0.05) is 32.4 Å². The summed E-state index contributed by atoms with van der Waals surface area (Å²) in [5, 5.41) is 0. The van der Waals surface area contributed by atoms with Crippen molar-refractivity contribution < 1.29 is 4.74 Å². The lowest BCUT2D eigenvalue weighted by Crippen LogP contribution is -2.23. The molecule has 90 valence electrons. The van der Waals surface area contributed by atoms with Crippen molar-refractivity contribution in [1.82, 2.24) is 0 Å². The Balaban J connectivity index is 2.69. The van der Waals surface area contributed by atoms with Crippen molar-refractivity contribution in [2.24, 2.45) is 17.6 Å². The van der Waals surface area contributed by atoms with Crippen LogP contribution in [-0.2, 0) is 6.42 Å². The Bertz CT molecular complexity index is 311. The summed E-state index contributed by atoms with van der Waals surface area (Å²) in [4.78, 5) is 0. The average Bonchev–Trinajstić information content (AvgIpc) is 2.35.